The standard InChI is InChI=1S/C16H19FN4O2S/c1-11(22)18-9-3-4-15-19-20-16(21(15)2)24-10-14(23)12-5-7-13(17)8-6-12/h5-8H,3-4,9-10H2,1-2H3,(H,18,22). The first-order valence-corrected chi connectivity index (χ1v) is 8.50. The number of hydrogen-bond acceptors (Lipinski definition) is 5. The number of carbonyl (C=O) groups excluding carboxylic acids is 2. The molecule has 0 saturated heterocycles. The Morgan fingerprint density at radius 1 is 1.25 bits per heavy atom. The molecule has 0 aliphatic rings. The molecule has 0 aliphatic carbocycles. The molecule has 2 rings (SSSR count). The summed E-state index contributed by atoms with van der Waals surface area (Å²) in [4.78, 5) is 22.9. The third kappa shape index (κ3) is 5.16. The lowest BCUT2D eigenvalue weighted by Crippen LogP contribution is -2.21. The number of Topliss-reactive ketones (excluding diaryl/α,β-unsaturated/α-hetero) is 1. The Bertz CT molecular complexity index is 715. The van der Waals surface area contributed by atoms with Crippen molar-refractivity contribution in [3.05, 3.63) is 41.5 Å². The molecule has 1 heterocycles. The summed E-state index contributed by atoms with van der Waals surface area (Å²) in [5, 5.41) is 11.6. The van der Waals surface area contributed by atoms with Crippen molar-refractivity contribution in [2.24, 2.45) is 7.05 Å². The molecule has 2 aromatic rings. The predicted molar refractivity (Wildman–Crippen MR) is 89.5 cm³/mol. The molecule has 6 nitrogen and oxygen atoms in total. The van der Waals surface area contributed by atoms with E-state index >= 15 is 0 Å². The minimum atomic E-state index is -0.364. The number of nitrogens with zero attached hydrogens (tertiary/aromatic N) is 3. The highest BCUT2D eigenvalue weighted by Crippen LogP contribution is 2.18. The molecule has 0 unspecified atom stereocenters. The Morgan fingerprint density at radius 2 is 1.96 bits per heavy atom. The fourth-order valence-electron chi connectivity index (χ4n) is 2.05. The lowest BCUT2D eigenvalue weighted by atomic mass is 10.1. The van der Waals surface area contributed by atoms with Crippen molar-refractivity contribution in [3.8, 4) is 0 Å². The number of aryl methyl sites for hydroxylation is 1. The van der Waals surface area contributed by atoms with Crippen molar-refractivity contribution in [3.63, 3.8) is 0 Å². The number of rotatable bonds is 8. The third-order valence-electron chi connectivity index (χ3n) is 3.37. The van der Waals surface area contributed by atoms with Crippen molar-refractivity contribution in [1.82, 2.24) is 20.1 Å². The number of aromatic nitrogens is 3. The number of nitrogens with one attached hydrogen (secondary N) is 1. The minimum Gasteiger partial charge on any atom is -0.356 e. The van der Waals surface area contributed by atoms with Gasteiger partial charge in [0, 0.05) is 32.5 Å². The molecular formula is C16H19FN4O2S. The van der Waals surface area contributed by atoms with Gasteiger partial charge in [0.2, 0.25) is 5.91 Å². The number of hydrogen-bond donors (Lipinski definition) is 1. The van der Waals surface area contributed by atoms with E-state index in [1.165, 1.54) is 43.0 Å². The van der Waals surface area contributed by atoms with Gasteiger partial charge in [0.1, 0.15) is 11.6 Å². The van der Waals surface area contributed by atoms with E-state index in [4.69, 9.17) is 0 Å². The van der Waals surface area contributed by atoms with Gasteiger partial charge in [-0.15, -0.1) is 10.2 Å². The first-order valence-electron chi connectivity index (χ1n) is 7.51. The summed E-state index contributed by atoms with van der Waals surface area (Å²) in [5.74, 6) is 0.510. The van der Waals surface area contributed by atoms with Crippen LogP contribution in [0, 0.1) is 5.82 Å². The quantitative estimate of drug-likeness (QED) is 0.448. The largest absolute Gasteiger partial charge is 0.356 e. The third-order valence-corrected chi connectivity index (χ3v) is 4.39. The van der Waals surface area contributed by atoms with Gasteiger partial charge in [0.05, 0.1) is 5.75 Å². The molecule has 0 fully saturated rings. The van der Waals surface area contributed by atoms with Crippen LogP contribution >= 0.6 is 11.8 Å². The molecule has 1 aromatic heterocycles. The van der Waals surface area contributed by atoms with Crippen LogP contribution in [-0.4, -0.2) is 38.8 Å². The summed E-state index contributed by atoms with van der Waals surface area (Å²) in [5.41, 5.74) is 0.474. The monoisotopic (exact) mass is 350 g/mol. The molecule has 24 heavy (non-hydrogen) atoms. The lowest BCUT2D eigenvalue weighted by molar-refractivity contribution is -0.118. The van der Waals surface area contributed by atoms with Gasteiger partial charge in [-0.3, -0.25) is 9.59 Å². The van der Waals surface area contributed by atoms with Crippen molar-refractivity contribution < 1.29 is 14.0 Å². The highest BCUT2D eigenvalue weighted by molar-refractivity contribution is 7.99. The molecule has 0 radical (unpaired) electrons. The zero-order chi connectivity index (χ0) is 17.5. The first kappa shape index (κ1) is 18.1. The Balaban J connectivity index is 1.85. The van der Waals surface area contributed by atoms with E-state index in [1.54, 1.807) is 0 Å². The van der Waals surface area contributed by atoms with Crippen molar-refractivity contribution >= 4 is 23.5 Å². The van der Waals surface area contributed by atoms with Crippen LogP contribution in [0.4, 0.5) is 4.39 Å². The van der Waals surface area contributed by atoms with E-state index in [0.29, 0.717) is 23.7 Å². The second kappa shape index (κ2) is 8.58. The van der Waals surface area contributed by atoms with Gasteiger partial charge in [-0.25, -0.2) is 4.39 Å². The maximum atomic E-state index is 12.9. The number of ketones is 1. The summed E-state index contributed by atoms with van der Waals surface area (Å²) in [7, 11) is 1.85. The number of benzene rings is 1. The van der Waals surface area contributed by atoms with Crippen LogP contribution in [0.3, 0.4) is 0 Å². The van der Waals surface area contributed by atoms with Gasteiger partial charge < -0.3 is 9.88 Å². The van der Waals surface area contributed by atoms with Gasteiger partial charge in [-0.2, -0.15) is 0 Å². The summed E-state index contributed by atoms with van der Waals surface area (Å²) in [6.45, 7) is 2.07. The molecule has 8 heteroatoms. The predicted octanol–water partition coefficient (Wildman–Crippen LogP) is 2.00. The zero-order valence-electron chi connectivity index (χ0n) is 13.6. The fraction of sp³-hybridized carbons (Fsp3) is 0.375. The van der Waals surface area contributed by atoms with Gasteiger partial charge in [-0.05, 0) is 30.7 Å². The van der Waals surface area contributed by atoms with Crippen LogP contribution in [-0.2, 0) is 18.3 Å². The average molecular weight is 350 g/mol. The minimum absolute atomic E-state index is 0.0523. The van der Waals surface area contributed by atoms with E-state index in [9.17, 15) is 14.0 Å². The molecule has 0 spiro atoms. The molecule has 128 valence electrons. The molecule has 1 aromatic carbocycles. The van der Waals surface area contributed by atoms with E-state index < -0.39 is 0 Å². The summed E-state index contributed by atoms with van der Waals surface area (Å²) < 4.78 is 14.7. The summed E-state index contributed by atoms with van der Waals surface area (Å²) in [6.07, 6.45) is 1.46. The van der Waals surface area contributed by atoms with Crippen LogP contribution in [0.5, 0.6) is 0 Å². The van der Waals surface area contributed by atoms with Crippen LogP contribution in [0.15, 0.2) is 29.4 Å². The Hall–Kier alpha value is -2.22. The van der Waals surface area contributed by atoms with E-state index in [1.807, 2.05) is 11.6 Å². The molecule has 1 amide bonds. The average Bonchev–Trinajstić information content (AvgIpc) is 2.90. The Morgan fingerprint density at radius 3 is 2.62 bits per heavy atom. The first-order chi connectivity index (χ1) is 11.5. The van der Waals surface area contributed by atoms with E-state index in [0.717, 1.165) is 12.2 Å². The number of halogens is 1. The van der Waals surface area contributed by atoms with Crippen molar-refractivity contribution in [2.45, 2.75) is 24.9 Å². The van der Waals surface area contributed by atoms with Crippen LogP contribution in [0.25, 0.3) is 0 Å². The van der Waals surface area contributed by atoms with Crippen molar-refractivity contribution in [2.75, 3.05) is 12.3 Å². The number of thioether (sulfide) groups is 1. The topological polar surface area (TPSA) is 76.9 Å². The molecule has 0 saturated carbocycles. The smallest absolute Gasteiger partial charge is 0.216 e. The SMILES string of the molecule is CC(=O)NCCCc1nnc(SCC(=O)c2ccc(F)cc2)n1C. The van der Waals surface area contributed by atoms with Crippen LogP contribution < -0.4 is 5.32 Å². The highest BCUT2D eigenvalue weighted by Gasteiger charge is 2.12. The maximum absolute atomic E-state index is 12.9. The molecular weight excluding hydrogens is 331 g/mol. The van der Waals surface area contributed by atoms with E-state index in [2.05, 4.69) is 15.5 Å². The molecule has 0 atom stereocenters. The van der Waals surface area contributed by atoms with Crippen LogP contribution in [0.1, 0.15) is 29.5 Å². The molecule has 0 aliphatic heterocycles. The normalized spacial score (nSPS) is 10.6. The Labute approximate surface area is 143 Å². The van der Waals surface area contributed by atoms with Gasteiger partial charge in [0.25, 0.3) is 0 Å². The fourth-order valence-corrected chi connectivity index (χ4v) is 2.87. The number of carbonyl (C=O) groups is 2. The second-order valence-electron chi connectivity index (χ2n) is 5.26. The number of amides is 1. The lowest BCUT2D eigenvalue weighted by Gasteiger charge is -2.04. The van der Waals surface area contributed by atoms with Crippen molar-refractivity contribution in [1.29, 1.82) is 0 Å². The molecule has 1 N–H and O–H groups in total. The molecule has 0 bridgehead atoms. The highest BCUT2D eigenvalue weighted by atomic mass is 32.2. The summed E-state index contributed by atoms with van der Waals surface area (Å²) >= 11 is 1.30. The summed E-state index contributed by atoms with van der Waals surface area (Å²) in [6, 6.07) is 5.49. The van der Waals surface area contributed by atoms with E-state index in [-0.39, 0.29) is 23.3 Å². The Kier molecular flexibility index (Phi) is 6.48. The van der Waals surface area contributed by atoms with Crippen LogP contribution in [0.2, 0.25) is 0 Å². The maximum Gasteiger partial charge on any atom is 0.216 e. The van der Waals surface area contributed by atoms with Gasteiger partial charge in [0.15, 0.2) is 10.9 Å². The van der Waals surface area contributed by atoms with Gasteiger partial charge in [-0.1, -0.05) is 11.8 Å². The zero-order valence-corrected chi connectivity index (χ0v) is 14.4. The second-order valence-corrected chi connectivity index (χ2v) is 6.21. The van der Waals surface area contributed by atoms with Gasteiger partial charge >= 0.3 is 0 Å².